The second kappa shape index (κ2) is 9.75. The number of likely N-dealkylation sites (tertiary alicyclic amines) is 1. The number of thiazole rings is 1. The van der Waals surface area contributed by atoms with Crippen LogP contribution in [0.25, 0.3) is 0 Å². The number of benzene rings is 2. The second-order valence-corrected chi connectivity index (χ2v) is 10.5. The number of phenols is 1. The number of aliphatic carboxylic acids is 1. The molecule has 3 heterocycles. The molecular weight excluding hydrogens is 522 g/mol. The average molecular weight is 542 g/mol. The van der Waals surface area contributed by atoms with E-state index in [1.807, 2.05) is 0 Å². The molecule has 0 bridgehead atoms. The molecule has 4 N–H and O–H groups in total. The number of fused-ring (bicyclic) bond motifs is 2. The van der Waals surface area contributed by atoms with Crippen molar-refractivity contribution in [1.29, 1.82) is 0 Å². The monoisotopic (exact) mass is 541 g/mol. The number of aromatic amines is 1. The van der Waals surface area contributed by atoms with E-state index in [0.29, 0.717) is 26.9 Å². The predicted octanol–water partition coefficient (Wildman–Crippen LogP) is 1.84. The Kier molecular flexibility index (Phi) is 6.48. The molecular formula is C24H19N3O8S2. The molecule has 0 saturated carbocycles. The van der Waals surface area contributed by atoms with Crippen LogP contribution in [0.4, 0.5) is 5.69 Å². The number of aromatic hydroxyl groups is 1. The van der Waals surface area contributed by atoms with Crippen LogP contribution in [0.15, 0.2) is 58.4 Å². The van der Waals surface area contributed by atoms with Crippen molar-refractivity contribution in [2.45, 2.75) is 16.2 Å². The molecule has 3 aromatic rings. The van der Waals surface area contributed by atoms with Crippen molar-refractivity contribution < 1.29 is 34.1 Å². The normalized spacial score (nSPS) is 20.3. The maximum Gasteiger partial charge on any atom is 0.323 e. The molecule has 1 saturated heterocycles. The summed E-state index contributed by atoms with van der Waals surface area (Å²) in [5, 5.41) is 20.8. The fraction of sp³-hybridized carbons (Fsp3) is 0.208. The van der Waals surface area contributed by atoms with E-state index >= 15 is 0 Å². The third-order valence-corrected chi connectivity index (χ3v) is 8.37. The molecule has 0 unspecified atom stereocenters. The summed E-state index contributed by atoms with van der Waals surface area (Å²) >= 11 is 2.02. The number of carboxylic acids is 1. The molecule has 1 aromatic heterocycles. The van der Waals surface area contributed by atoms with Crippen LogP contribution in [0.5, 0.6) is 11.5 Å². The molecule has 0 radical (unpaired) electrons. The number of carbonyl (C=O) groups excluding carboxylic acids is 3. The number of rotatable bonds is 7. The summed E-state index contributed by atoms with van der Waals surface area (Å²) in [4.78, 5) is 65.3. The van der Waals surface area contributed by atoms with Crippen LogP contribution in [0.2, 0.25) is 0 Å². The summed E-state index contributed by atoms with van der Waals surface area (Å²) in [5.41, 5.74) is 1.14. The number of aromatic nitrogens is 1. The van der Waals surface area contributed by atoms with Crippen LogP contribution in [-0.2, 0) is 19.2 Å². The summed E-state index contributed by atoms with van der Waals surface area (Å²) in [6.07, 6.45) is 0. The quantitative estimate of drug-likeness (QED) is 0.258. The van der Waals surface area contributed by atoms with Crippen molar-refractivity contribution in [2.75, 3.05) is 18.5 Å². The first kappa shape index (κ1) is 24.6. The molecule has 2 aliphatic rings. The van der Waals surface area contributed by atoms with Gasteiger partial charge in [0.15, 0.2) is 6.61 Å². The zero-order valence-electron chi connectivity index (χ0n) is 18.9. The number of hydrogen-bond donors (Lipinski definition) is 4. The van der Waals surface area contributed by atoms with E-state index in [4.69, 9.17) is 9.84 Å². The second-order valence-electron chi connectivity index (χ2n) is 8.36. The molecule has 5 rings (SSSR count). The first-order chi connectivity index (χ1) is 17.7. The maximum atomic E-state index is 13.2. The van der Waals surface area contributed by atoms with E-state index in [1.165, 1.54) is 12.1 Å². The van der Waals surface area contributed by atoms with Gasteiger partial charge in [-0.1, -0.05) is 35.2 Å². The largest absolute Gasteiger partial charge is 0.508 e. The van der Waals surface area contributed by atoms with Crippen molar-refractivity contribution in [3.05, 3.63) is 68.6 Å². The van der Waals surface area contributed by atoms with Gasteiger partial charge in [-0.2, -0.15) is 0 Å². The summed E-state index contributed by atoms with van der Waals surface area (Å²) in [7, 11) is 0. The number of thioether (sulfide) groups is 1. The molecule has 0 aliphatic carbocycles. The number of nitrogens with one attached hydrogen (secondary N) is 2. The number of hydrogen-bond acceptors (Lipinski definition) is 9. The van der Waals surface area contributed by atoms with Crippen molar-refractivity contribution in [3.63, 3.8) is 0 Å². The standard InChI is InChI=1S/C24H19N3O8S2/c28-13-5-3-12(4-6-13)25-15(29)10-35-14-7-1-11(2-8-14)17-18-20(36-21-19(17)37-24(34)26-21)23(33)27(22(18)32)9-16(30)31/h1-8,17-18,20,28H,9-10H2,(H,25,29)(H,26,34)(H,30,31)/t17-,18+,20-/m0/s1. The summed E-state index contributed by atoms with van der Waals surface area (Å²) in [6.45, 7) is -0.993. The van der Waals surface area contributed by atoms with Gasteiger partial charge >= 0.3 is 10.8 Å². The number of anilines is 1. The molecule has 190 valence electrons. The fourth-order valence-electron chi connectivity index (χ4n) is 4.39. The minimum Gasteiger partial charge on any atom is -0.508 e. The van der Waals surface area contributed by atoms with Crippen LogP contribution in [0.1, 0.15) is 16.4 Å². The lowest BCUT2D eigenvalue weighted by Crippen LogP contribution is -2.36. The van der Waals surface area contributed by atoms with Crippen molar-refractivity contribution >= 4 is 52.5 Å². The lowest BCUT2D eigenvalue weighted by Gasteiger charge is -2.29. The van der Waals surface area contributed by atoms with Gasteiger partial charge in [-0.3, -0.25) is 28.9 Å². The van der Waals surface area contributed by atoms with Crippen molar-refractivity contribution in [2.24, 2.45) is 5.92 Å². The van der Waals surface area contributed by atoms with E-state index in [-0.39, 0.29) is 17.2 Å². The third-order valence-electron chi connectivity index (χ3n) is 5.97. The van der Waals surface area contributed by atoms with Crippen LogP contribution in [0, 0.1) is 5.92 Å². The number of imide groups is 1. The van der Waals surface area contributed by atoms with Gasteiger partial charge < -0.3 is 25.3 Å². The first-order valence-electron chi connectivity index (χ1n) is 11.0. The lowest BCUT2D eigenvalue weighted by atomic mass is 9.83. The highest BCUT2D eigenvalue weighted by atomic mass is 32.2. The topological polar surface area (TPSA) is 166 Å². The minimum atomic E-state index is -1.29. The average Bonchev–Trinajstić information content (AvgIpc) is 3.35. The lowest BCUT2D eigenvalue weighted by molar-refractivity contribution is -0.149. The Morgan fingerprint density at radius 3 is 2.41 bits per heavy atom. The molecule has 13 heteroatoms. The number of carboxylic acid groups (broad SMARTS) is 1. The minimum absolute atomic E-state index is 0.0783. The smallest absolute Gasteiger partial charge is 0.323 e. The van der Waals surface area contributed by atoms with E-state index in [0.717, 1.165) is 28.0 Å². The Morgan fingerprint density at radius 1 is 1.03 bits per heavy atom. The van der Waals surface area contributed by atoms with Gasteiger partial charge in [-0.25, -0.2) is 0 Å². The van der Waals surface area contributed by atoms with Crippen LogP contribution >= 0.6 is 23.1 Å². The summed E-state index contributed by atoms with van der Waals surface area (Å²) in [6, 6.07) is 12.6. The number of phenolic OH excluding ortho intramolecular Hbond substituents is 1. The SMILES string of the molecule is O=C(O)CN1C(=O)[C@@H]2[C@H](c3ccc(OCC(=O)Nc4ccc(O)cc4)cc3)c3sc(=O)[nH]c3S[C@@H]2C1=O. The fourth-order valence-corrected chi connectivity index (χ4v) is 6.92. The summed E-state index contributed by atoms with van der Waals surface area (Å²) < 4.78 is 5.55. The number of nitrogens with zero attached hydrogens (tertiary/aromatic N) is 1. The van der Waals surface area contributed by atoms with Gasteiger partial charge in [0.1, 0.15) is 23.3 Å². The van der Waals surface area contributed by atoms with Crippen LogP contribution in [0.3, 0.4) is 0 Å². The van der Waals surface area contributed by atoms with Crippen LogP contribution < -0.4 is 14.9 Å². The van der Waals surface area contributed by atoms with Gasteiger partial charge in [0, 0.05) is 16.5 Å². The molecule has 37 heavy (non-hydrogen) atoms. The number of carbonyl (C=O) groups is 4. The van der Waals surface area contributed by atoms with E-state index in [2.05, 4.69) is 10.3 Å². The Hall–Kier alpha value is -4.10. The molecule has 2 aliphatic heterocycles. The van der Waals surface area contributed by atoms with Gasteiger partial charge in [-0.05, 0) is 42.0 Å². The van der Waals surface area contributed by atoms with Gasteiger partial charge in [0.2, 0.25) is 11.8 Å². The maximum absolute atomic E-state index is 13.2. The van der Waals surface area contributed by atoms with E-state index in [1.54, 1.807) is 36.4 Å². The van der Waals surface area contributed by atoms with Crippen molar-refractivity contribution in [1.82, 2.24) is 9.88 Å². The molecule has 0 spiro atoms. The number of ether oxygens (including phenoxy) is 1. The molecule has 2 aromatic carbocycles. The van der Waals surface area contributed by atoms with Gasteiger partial charge in [0.05, 0.1) is 10.9 Å². The van der Waals surface area contributed by atoms with Gasteiger partial charge in [-0.15, -0.1) is 0 Å². The predicted molar refractivity (Wildman–Crippen MR) is 133 cm³/mol. The van der Waals surface area contributed by atoms with Gasteiger partial charge in [0.25, 0.3) is 5.91 Å². The third kappa shape index (κ3) is 4.82. The number of amides is 3. The van der Waals surface area contributed by atoms with E-state index < -0.39 is 47.3 Å². The zero-order chi connectivity index (χ0) is 26.3. The Balaban J connectivity index is 1.35. The molecule has 3 amide bonds. The van der Waals surface area contributed by atoms with Crippen molar-refractivity contribution in [3.8, 4) is 11.5 Å². The Morgan fingerprint density at radius 2 is 1.73 bits per heavy atom. The van der Waals surface area contributed by atoms with Crippen LogP contribution in [-0.4, -0.2) is 62.2 Å². The molecule has 3 atom stereocenters. The molecule has 1 fully saturated rings. The highest BCUT2D eigenvalue weighted by Gasteiger charge is 2.56. The molecule has 11 nitrogen and oxygen atoms in total. The Labute approximate surface area is 217 Å². The highest BCUT2D eigenvalue weighted by Crippen LogP contribution is 2.52. The first-order valence-corrected chi connectivity index (χ1v) is 12.7. The Bertz CT molecular complexity index is 1450. The highest BCUT2D eigenvalue weighted by molar-refractivity contribution is 8.00. The zero-order valence-corrected chi connectivity index (χ0v) is 20.5. The number of H-pyrrole nitrogens is 1. The van der Waals surface area contributed by atoms with E-state index in [9.17, 15) is 29.1 Å². The summed E-state index contributed by atoms with van der Waals surface area (Å²) in [5.74, 6) is -3.91.